The minimum Gasteiger partial charge on any atom is -0.350 e. The Balaban J connectivity index is 2.63. The van der Waals surface area contributed by atoms with Crippen LogP contribution in [0.3, 0.4) is 0 Å². The molecule has 0 aliphatic rings. The van der Waals surface area contributed by atoms with E-state index in [4.69, 9.17) is 0 Å². The zero-order valence-corrected chi connectivity index (χ0v) is 13.1. The SMILES string of the molecule is Cc1ccc(F)cc1NC(=O)N(C)CC(=O)NC(C)(C)C. The van der Waals surface area contributed by atoms with E-state index >= 15 is 0 Å². The number of halogens is 1. The number of carbonyl (C=O) groups is 2. The van der Waals surface area contributed by atoms with Crippen molar-refractivity contribution in [3.05, 3.63) is 29.6 Å². The Kier molecular flexibility index (Phi) is 5.29. The number of benzene rings is 1. The van der Waals surface area contributed by atoms with E-state index in [0.717, 1.165) is 5.56 Å². The van der Waals surface area contributed by atoms with Crippen LogP contribution >= 0.6 is 0 Å². The van der Waals surface area contributed by atoms with Crippen LogP contribution in [0.2, 0.25) is 0 Å². The van der Waals surface area contributed by atoms with Crippen molar-refractivity contribution >= 4 is 17.6 Å². The lowest BCUT2D eigenvalue weighted by Gasteiger charge is -2.23. The highest BCUT2D eigenvalue weighted by Crippen LogP contribution is 2.16. The molecule has 1 rings (SSSR count). The van der Waals surface area contributed by atoms with Crippen molar-refractivity contribution in [3.63, 3.8) is 0 Å². The van der Waals surface area contributed by atoms with Crippen molar-refractivity contribution in [2.24, 2.45) is 0 Å². The third-order valence-electron chi connectivity index (χ3n) is 2.68. The van der Waals surface area contributed by atoms with Gasteiger partial charge in [-0.05, 0) is 45.4 Å². The normalized spacial score (nSPS) is 11.0. The van der Waals surface area contributed by atoms with Gasteiger partial charge in [0.15, 0.2) is 0 Å². The van der Waals surface area contributed by atoms with Crippen LogP contribution in [0.4, 0.5) is 14.9 Å². The van der Waals surface area contributed by atoms with Gasteiger partial charge in [-0.15, -0.1) is 0 Å². The molecule has 1 aromatic rings. The van der Waals surface area contributed by atoms with Gasteiger partial charge < -0.3 is 15.5 Å². The van der Waals surface area contributed by atoms with Gasteiger partial charge in [0.2, 0.25) is 5.91 Å². The molecule has 21 heavy (non-hydrogen) atoms. The maximum Gasteiger partial charge on any atom is 0.322 e. The van der Waals surface area contributed by atoms with Gasteiger partial charge in [0.05, 0.1) is 0 Å². The van der Waals surface area contributed by atoms with Crippen molar-refractivity contribution in [2.45, 2.75) is 33.2 Å². The first-order valence-corrected chi connectivity index (χ1v) is 6.68. The van der Waals surface area contributed by atoms with Crippen LogP contribution in [0.1, 0.15) is 26.3 Å². The molecule has 0 saturated carbocycles. The number of amides is 3. The van der Waals surface area contributed by atoms with E-state index in [1.165, 1.54) is 24.1 Å². The maximum atomic E-state index is 13.2. The van der Waals surface area contributed by atoms with E-state index in [-0.39, 0.29) is 18.0 Å². The summed E-state index contributed by atoms with van der Waals surface area (Å²) in [5, 5.41) is 5.35. The van der Waals surface area contributed by atoms with Crippen LogP contribution in [0.15, 0.2) is 18.2 Å². The summed E-state index contributed by atoms with van der Waals surface area (Å²) in [4.78, 5) is 25.0. The average molecular weight is 295 g/mol. The maximum absolute atomic E-state index is 13.2. The first-order chi connectivity index (χ1) is 9.58. The highest BCUT2D eigenvalue weighted by Gasteiger charge is 2.18. The highest BCUT2D eigenvalue weighted by atomic mass is 19.1. The lowest BCUT2D eigenvalue weighted by molar-refractivity contribution is -0.122. The number of rotatable bonds is 3. The lowest BCUT2D eigenvalue weighted by atomic mass is 10.1. The number of nitrogens with one attached hydrogen (secondary N) is 2. The van der Waals surface area contributed by atoms with Gasteiger partial charge in [0.25, 0.3) is 0 Å². The smallest absolute Gasteiger partial charge is 0.322 e. The van der Waals surface area contributed by atoms with Gasteiger partial charge in [-0.3, -0.25) is 4.79 Å². The molecule has 0 aliphatic carbocycles. The molecule has 0 fully saturated rings. The second kappa shape index (κ2) is 6.56. The van der Waals surface area contributed by atoms with Crippen LogP contribution in [-0.4, -0.2) is 36.0 Å². The van der Waals surface area contributed by atoms with E-state index < -0.39 is 11.8 Å². The van der Waals surface area contributed by atoms with E-state index in [1.807, 2.05) is 20.8 Å². The number of aryl methyl sites for hydroxylation is 1. The summed E-state index contributed by atoms with van der Waals surface area (Å²) < 4.78 is 13.2. The van der Waals surface area contributed by atoms with Crippen molar-refractivity contribution in [2.75, 3.05) is 18.9 Å². The fraction of sp³-hybridized carbons (Fsp3) is 0.467. The Morgan fingerprint density at radius 1 is 1.29 bits per heavy atom. The molecule has 0 aliphatic heterocycles. The monoisotopic (exact) mass is 295 g/mol. The molecule has 0 radical (unpaired) electrons. The van der Waals surface area contributed by atoms with Gasteiger partial charge in [0.1, 0.15) is 12.4 Å². The summed E-state index contributed by atoms with van der Waals surface area (Å²) >= 11 is 0. The van der Waals surface area contributed by atoms with E-state index in [2.05, 4.69) is 10.6 Å². The fourth-order valence-corrected chi connectivity index (χ4v) is 1.68. The predicted molar refractivity (Wildman–Crippen MR) is 80.7 cm³/mol. The topological polar surface area (TPSA) is 61.4 Å². The van der Waals surface area contributed by atoms with Crippen molar-refractivity contribution in [3.8, 4) is 0 Å². The quantitative estimate of drug-likeness (QED) is 0.900. The summed E-state index contributed by atoms with van der Waals surface area (Å²) in [5.41, 5.74) is 0.786. The van der Waals surface area contributed by atoms with Crippen LogP contribution in [0.25, 0.3) is 0 Å². The van der Waals surface area contributed by atoms with Gasteiger partial charge in [-0.25, -0.2) is 9.18 Å². The van der Waals surface area contributed by atoms with E-state index in [1.54, 1.807) is 13.0 Å². The third kappa shape index (κ3) is 5.81. The Morgan fingerprint density at radius 2 is 1.90 bits per heavy atom. The fourth-order valence-electron chi connectivity index (χ4n) is 1.68. The van der Waals surface area contributed by atoms with Crippen molar-refractivity contribution in [1.29, 1.82) is 0 Å². The molecule has 0 atom stereocenters. The minimum absolute atomic E-state index is 0.0720. The molecule has 6 heteroatoms. The van der Waals surface area contributed by atoms with Crippen LogP contribution in [-0.2, 0) is 4.79 Å². The molecule has 0 bridgehead atoms. The van der Waals surface area contributed by atoms with Gasteiger partial charge in [-0.1, -0.05) is 6.07 Å². The Hall–Kier alpha value is -2.11. The number of anilines is 1. The summed E-state index contributed by atoms with van der Waals surface area (Å²) in [6, 6.07) is 3.69. The van der Waals surface area contributed by atoms with Gasteiger partial charge in [0, 0.05) is 18.3 Å². The molecule has 0 spiro atoms. The Bertz CT molecular complexity index is 538. The zero-order valence-electron chi connectivity index (χ0n) is 13.1. The molecule has 116 valence electrons. The Morgan fingerprint density at radius 3 is 2.48 bits per heavy atom. The number of hydrogen-bond acceptors (Lipinski definition) is 2. The van der Waals surface area contributed by atoms with Gasteiger partial charge in [-0.2, -0.15) is 0 Å². The van der Waals surface area contributed by atoms with E-state index in [0.29, 0.717) is 5.69 Å². The first-order valence-electron chi connectivity index (χ1n) is 6.68. The standard InChI is InChI=1S/C15H22FN3O2/c1-10-6-7-11(16)8-12(10)17-14(21)19(5)9-13(20)18-15(2,3)4/h6-8H,9H2,1-5H3,(H,17,21)(H,18,20). The number of carbonyl (C=O) groups excluding carboxylic acids is 2. The number of hydrogen-bond donors (Lipinski definition) is 2. The number of urea groups is 1. The summed E-state index contributed by atoms with van der Waals surface area (Å²) in [6.07, 6.45) is 0. The molecule has 0 unspecified atom stereocenters. The molecule has 0 heterocycles. The average Bonchev–Trinajstić information content (AvgIpc) is 2.31. The van der Waals surface area contributed by atoms with E-state index in [9.17, 15) is 14.0 Å². The molecule has 3 amide bonds. The largest absolute Gasteiger partial charge is 0.350 e. The molecule has 5 nitrogen and oxygen atoms in total. The lowest BCUT2D eigenvalue weighted by Crippen LogP contribution is -2.47. The third-order valence-corrected chi connectivity index (χ3v) is 2.68. The number of likely N-dealkylation sites (N-methyl/N-ethyl adjacent to an activating group) is 1. The number of nitrogens with zero attached hydrogens (tertiary/aromatic N) is 1. The molecular weight excluding hydrogens is 273 g/mol. The summed E-state index contributed by atoms with van der Waals surface area (Å²) in [5.74, 6) is -0.680. The minimum atomic E-state index is -0.465. The van der Waals surface area contributed by atoms with Crippen LogP contribution in [0.5, 0.6) is 0 Å². The zero-order chi connectivity index (χ0) is 16.2. The van der Waals surface area contributed by atoms with Crippen LogP contribution in [0, 0.1) is 12.7 Å². The van der Waals surface area contributed by atoms with Crippen molar-refractivity contribution < 1.29 is 14.0 Å². The second-order valence-corrected chi connectivity index (χ2v) is 6.04. The summed E-state index contributed by atoms with van der Waals surface area (Å²) in [6.45, 7) is 7.28. The Labute approximate surface area is 124 Å². The molecule has 0 aromatic heterocycles. The molecule has 2 N–H and O–H groups in total. The second-order valence-electron chi connectivity index (χ2n) is 6.04. The highest BCUT2D eigenvalue weighted by molar-refractivity contribution is 5.92. The van der Waals surface area contributed by atoms with Crippen LogP contribution < -0.4 is 10.6 Å². The molecule has 0 saturated heterocycles. The molecule has 1 aromatic carbocycles. The molecular formula is C15H22FN3O2. The van der Waals surface area contributed by atoms with Gasteiger partial charge >= 0.3 is 6.03 Å². The first kappa shape index (κ1) is 16.9. The van der Waals surface area contributed by atoms with Crippen molar-refractivity contribution in [1.82, 2.24) is 10.2 Å². The predicted octanol–water partition coefficient (Wildman–Crippen LogP) is 2.51. The summed E-state index contributed by atoms with van der Waals surface area (Å²) in [7, 11) is 1.51.